The van der Waals surface area contributed by atoms with Crippen LogP contribution in [0.25, 0.3) is 0 Å². The molecule has 0 N–H and O–H groups in total. The third-order valence-electron chi connectivity index (χ3n) is 5.42. The number of ether oxygens (including phenoxy) is 1. The van der Waals surface area contributed by atoms with Gasteiger partial charge < -0.3 is 9.64 Å². The lowest BCUT2D eigenvalue weighted by Gasteiger charge is -2.47. The topological polar surface area (TPSA) is 29.5 Å². The van der Waals surface area contributed by atoms with Crippen LogP contribution in [0, 0.1) is 0 Å². The van der Waals surface area contributed by atoms with Crippen molar-refractivity contribution in [3.63, 3.8) is 0 Å². The van der Waals surface area contributed by atoms with E-state index in [0.29, 0.717) is 12.3 Å². The maximum atomic E-state index is 13.1. The maximum absolute atomic E-state index is 13.1. The van der Waals surface area contributed by atoms with E-state index in [2.05, 4.69) is 0 Å². The van der Waals surface area contributed by atoms with Gasteiger partial charge in [-0.05, 0) is 53.9 Å². The average Bonchev–Trinajstić information content (AvgIpc) is 2.77. The summed E-state index contributed by atoms with van der Waals surface area (Å²) in [6.45, 7) is 2.65. The van der Waals surface area contributed by atoms with Crippen molar-refractivity contribution in [3.05, 3.63) is 95.6 Å². The number of amides is 1. The minimum absolute atomic E-state index is 0.137. The van der Waals surface area contributed by atoms with E-state index in [0.717, 1.165) is 35.4 Å². The molecule has 0 bridgehead atoms. The van der Waals surface area contributed by atoms with Gasteiger partial charge in [-0.25, -0.2) is 0 Å². The van der Waals surface area contributed by atoms with Gasteiger partial charge in [-0.3, -0.25) is 4.79 Å². The van der Waals surface area contributed by atoms with Crippen molar-refractivity contribution in [1.29, 1.82) is 0 Å². The van der Waals surface area contributed by atoms with E-state index in [-0.39, 0.29) is 11.9 Å². The van der Waals surface area contributed by atoms with E-state index >= 15 is 0 Å². The fourth-order valence-electron chi connectivity index (χ4n) is 3.90. The Morgan fingerprint density at radius 1 is 0.871 bits per heavy atom. The van der Waals surface area contributed by atoms with Crippen LogP contribution in [-0.2, 0) is 11.0 Å². The highest BCUT2D eigenvalue weighted by Gasteiger charge is 2.49. The molecule has 0 spiro atoms. The SMILES string of the molecule is CCCOc1ccc(C2C(c3ccccc3)C(=O)N2c2ccc(C(F)(F)F)cc2)cc1. The van der Waals surface area contributed by atoms with Crippen molar-refractivity contribution in [3.8, 4) is 5.75 Å². The molecule has 4 rings (SSSR count). The molecule has 160 valence electrons. The number of carbonyl (C=O) groups excluding carboxylic acids is 1. The van der Waals surface area contributed by atoms with Crippen LogP contribution in [0.4, 0.5) is 18.9 Å². The number of β-lactam (4-membered cyclic amide) rings is 1. The molecule has 0 radical (unpaired) electrons. The second-order valence-electron chi connectivity index (χ2n) is 7.50. The average molecular weight is 425 g/mol. The van der Waals surface area contributed by atoms with Crippen molar-refractivity contribution in [1.82, 2.24) is 0 Å². The number of halogens is 3. The predicted molar refractivity (Wildman–Crippen MR) is 113 cm³/mol. The predicted octanol–water partition coefficient (Wildman–Crippen LogP) is 6.37. The fourth-order valence-corrected chi connectivity index (χ4v) is 3.90. The number of benzene rings is 3. The summed E-state index contributed by atoms with van der Waals surface area (Å²) in [6.07, 6.45) is -3.52. The van der Waals surface area contributed by atoms with Crippen LogP contribution < -0.4 is 9.64 Å². The summed E-state index contributed by atoms with van der Waals surface area (Å²) in [5.41, 5.74) is 1.49. The summed E-state index contributed by atoms with van der Waals surface area (Å²) in [4.78, 5) is 14.7. The summed E-state index contributed by atoms with van der Waals surface area (Å²) in [7, 11) is 0. The molecule has 1 saturated heterocycles. The largest absolute Gasteiger partial charge is 0.494 e. The Labute approximate surface area is 179 Å². The summed E-state index contributed by atoms with van der Waals surface area (Å²) in [5, 5.41) is 0. The molecular weight excluding hydrogens is 403 g/mol. The maximum Gasteiger partial charge on any atom is 0.416 e. The monoisotopic (exact) mass is 425 g/mol. The lowest BCUT2D eigenvalue weighted by Crippen LogP contribution is -2.53. The highest BCUT2D eigenvalue weighted by molar-refractivity contribution is 6.06. The molecule has 1 aliphatic heterocycles. The Hall–Kier alpha value is -3.28. The Morgan fingerprint density at radius 2 is 1.52 bits per heavy atom. The minimum Gasteiger partial charge on any atom is -0.494 e. The van der Waals surface area contributed by atoms with Gasteiger partial charge in [-0.15, -0.1) is 0 Å². The lowest BCUT2D eigenvalue weighted by atomic mass is 9.77. The normalized spacial score (nSPS) is 18.6. The van der Waals surface area contributed by atoms with E-state index in [1.165, 1.54) is 12.1 Å². The van der Waals surface area contributed by atoms with E-state index in [9.17, 15) is 18.0 Å². The third-order valence-corrected chi connectivity index (χ3v) is 5.42. The summed E-state index contributed by atoms with van der Waals surface area (Å²) >= 11 is 0. The molecule has 1 amide bonds. The van der Waals surface area contributed by atoms with E-state index in [4.69, 9.17) is 4.74 Å². The second kappa shape index (κ2) is 8.46. The van der Waals surface area contributed by atoms with E-state index < -0.39 is 17.7 Å². The molecule has 0 saturated carbocycles. The molecular formula is C25H22F3NO2. The van der Waals surface area contributed by atoms with Crippen LogP contribution in [-0.4, -0.2) is 12.5 Å². The molecule has 2 unspecified atom stereocenters. The molecule has 3 aromatic carbocycles. The van der Waals surface area contributed by atoms with Crippen molar-refractivity contribution >= 4 is 11.6 Å². The smallest absolute Gasteiger partial charge is 0.416 e. The van der Waals surface area contributed by atoms with Gasteiger partial charge in [0, 0.05) is 5.69 Å². The molecule has 3 aromatic rings. The fraction of sp³-hybridized carbons (Fsp3) is 0.240. The molecule has 6 heteroatoms. The molecule has 3 nitrogen and oxygen atoms in total. The molecule has 0 aromatic heterocycles. The summed E-state index contributed by atoms with van der Waals surface area (Å²) < 4.78 is 44.5. The molecule has 2 atom stereocenters. The number of rotatable bonds is 6. The number of anilines is 1. The van der Waals surface area contributed by atoms with Gasteiger partial charge in [0.05, 0.1) is 24.1 Å². The molecule has 1 fully saturated rings. The third kappa shape index (κ3) is 4.15. The Kier molecular flexibility index (Phi) is 5.72. The van der Waals surface area contributed by atoms with Gasteiger partial charge in [0.25, 0.3) is 0 Å². The van der Waals surface area contributed by atoms with Gasteiger partial charge in [0.15, 0.2) is 0 Å². The number of hydrogen-bond acceptors (Lipinski definition) is 2. The highest BCUT2D eigenvalue weighted by atomic mass is 19.4. The Balaban J connectivity index is 1.68. The molecule has 1 aliphatic rings. The van der Waals surface area contributed by atoms with Crippen LogP contribution in [0.5, 0.6) is 5.75 Å². The van der Waals surface area contributed by atoms with Crippen molar-refractivity contribution in [2.75, 3.05) is 11.5 Å². The first-order valence-corrected chi connectivity index (χ1v) is 10.2. The first-order chi connectivity index (χ1) is 14.9. The molecule has 1 heterocycles. The zero-order valence-corrected chi connectivity index (χ0v) is 17.0. The number of hydrogen-bond donors (Lipinski definition) is 0. The van der Waals surface area contributed by atoms with E-state index in [1.807, 2.05) is 61.5 Å². The number of carbonyl (C=O) groups is 1. The van der Waals surface area contributed by atoms with Gasteiger partial charge in [-0.2, -0.15) is 13.2 Å². The van der Waals surface area contributed by atoms with E-state index in [1.54, 1.807) is 4.90 Å². The standard InChI is InChI=1S/C25H22F3NO2/c1-2-16-31-21-14-8-18(9-15-21)23-22(17-6-4-3-5-7-17)24(30)29(23)20-12-10-19(11-13-20)25(26,27)28/h3-15,22-23H,2,16H2,1H3. The van der Waals surface area contributed by atoms with Gasteiger partial charge >= 0.3 is 6.18 Å². The van der Waals surface area contributed by atoms with Crippen molar-refractivity contribution < 1.29 is 22.7 Å². The highest BCUT2D eigenvalue weighted by Crippen LogP contribution is 2.49. The number of nitrogens with zero attached hydrogens (tertiary/aromatic N) is 1. The summed E-state index contributed by atoms with van der Waals surface area (Å²) in [5.74, 6) is 0.210. The van der Waals surface area contributed by atoms with Crippen LogP contribution in [0.3, 0.4) is 0 Å². The first kappa shape index (κ1) is 21.0. The molecule has 31 heavy (non-hydrogen) atoms. The zero-order chi connectivity index (χ0) is 22.0. The van der Waals surface area contributed by atoms with Gasteiger partial charge in [0.2, 0.25) is 5.91 Å². The van der Waals surface area contributed by atoms with Crippen LogP contribution in [0.15, 0.2) is 78.9 Å². The zero-order valence-electron chi connectivity index (χ0n) is 17.0. The lowest BCUT2D eigenvalue weighted by molar-refractivity contribution is -0.137. The number of alkyl halides is 3. The summed E-state index contributed by atoms with van der Waals surface area (Å²) in [6, 6.07) is 21.4. The quantitative estimate of drug-likeness (QED) is 0.430. The van der Waals surface area contributed by atoms with Crippen LogP contribution >= 0.6 is 0 Å². The minimum atomic E-state index is -4.42. The van der Waals surface area contributed by atoms with Crippen LogP contribution in [0.1, 0.15) is 42.0 Å². The van der Waals surface area contributed by atoms with Gasteiger partial charge in [-0.1, -0.05) is 49.4 Å². The second-order valence-corrected chi connectivity index (χ2v) is 7.50. The van der Waals surface area contributed by atoms with Gasteiger partial charge in [0.1, 0.15) is 5.75 Å². The van der Waals surface area contributed by atoms with Crippen molar-refractivity contribution in [2.24, 2.45) is 0 Å². The first-order valence-electron chi connectivity index (χ1n) is 10.2. The molecule has 0 aliphatic carbocycles. The van der Waals surface area contributed by atoms with Crippen LogP contribution in [0.2, 0.25) is 0 Å². The van der Waals surface area contributed by atoms with Crippen molar-refractivity contribution in [2.45, 2.75) is 31.5 Å². The Bertz CT molecular complexity index is 1030. The Morgan fingerprint density at radius 3 is 2.10 bits per heavy atom.